The lowest BCUT2D eigenvalue weighted by molar-refractivity contribution is -0.132. The highest BCUT2D eigenvalue weighted by Crippen LogP contribution is 2.34. The Labute approximate surface area is 169 Å². The first-order chi connectivity index (χ1) is 14.1. The van der Waals surface area contributed by atoms with Gasteiger partial charge >= 0.3 is 0 Å². The van der Waals surface area contributed by atoms with Gasteiger partial charge in [0, 0.05) is 24.7 Å². The van der Waals surface area contributed by atoms with Crippen molar-refractivity contribution in [1.82, 2.24) is 9.80 Å². The van der Waals surface area contributed by atoms with Crippen LogP contribution in [0.1, 0.15) is 18.6 Å². The number of rotatable bonds is 6. The predicted octanol–water partition coefficient (Wildman–Crippen LogP) is 2.32. The summed E-state index contributed by atoms with van der Waals surface area (Å²) >= 11 is 0. The molecule has 0 saturated carbocycles. The molecular formula is C21H25N3O5. The van der Waals surface area contributed by atoms with E-state index in [1.165, 1.54) is 0 Å². The minimum Gasteiger partial charge on any atom is -0.467 e. The fourth-order valence-corrected chi connectivity index (χ4v) is 3.61. The molecule has 0 spiro atoms. The first-order valence-corrected chi connectivity index (χ1v) is 9.78. The lowest BCUT2D eigenvalue weighted by atomic mass is 9.95. The molecule has 0 bridgehead atoms. The molecule has 1 saturated heterocycles. The molecule has 1 fully saturated rings. The van der Waals surface area contributed by atoms with Gasteiger partial charge in [-0.2, -0.15) is 0 Å². The summed E-state index contributed by atoms with van der Waals surface area (Å²) in [4.78, 5) is 28.8. The van der Waals surface area contributed by atoms with E-state index >= 15 is 0 Å². The Morgan fingerprint density at radius 2 is 1.97 bits per heavy atom. The van der Waals surface area contributed by atoms with Crippen molar-refractivity contribution in [3.8, 4) is 11.5 Å². The second kappa shape index (κ2) is 8.57. The molecule has 2 aliphatic heterocycles. The lowest BCUT2D eigenvalue weighted by Gasteiger charge is -2.31. The lowest BCUT2D eigenvalue weighted by Crippen LogP contribution is -2.43. The number of fused-ring (bicyclic) bond motifs is 1. The Hall–Kier alpha value is -3.00. The van der Waals surface area contributed by atoms with Gasteiger partial charge in [0.2, 0.25) is 18.6 Å². The van der Waals surface area contributed by atoms with Crippen molar-refractivity contribution in [2.45, 2.75) is 19.4 Å². The maximum Gasteiger partial charge on any atom is 0.236 e. The van der Waals surface area contributed by atoms with E-state index in [9.17, 15) is 9.59 Å². The van der Waals surface area contributed by atoms with E-state index in [1.807, 2.05) is 18.2 Å². The molecule has 2 amide bonds. The Balaban J connectivity index is 1.22. The molecule has 1 aromatic carbocycles. The van der Waals surface area contributed by atoms with Crippen molar-refractivity contribution in [3.05, 3.63) is 42.4 Å². The molecule has 0 unspecified atom stereocenters. The zero-order valence-corrected chi connectivity index (χ0v) is 16.4. The summed E-state index contributed by atoms with van der Waals surface area (Å²) in [5.41, 5.74) is 0.705. The van der Waals surface area contributed by atoms with Crippen LogP contribution in [-0.2, 0) is 16.1 Å². The number of likely N-dealkylation sites (tertiary alicyclic amines) is 1. The summed E-state index contributed by atoms with van der Waals surface area (Å²) in [5.74, 6) is 2.09. The molecule has 4 rings (SSSR count). The Kier molecular flexibility index (Phi) is 5.71. The van der Waals surface area contributed by atoms with Crippen molar-refractivity contribution in [2.24, 2.45) is 5.92 Å². The van der Waals surface area contributed by atoms with E-state index in [0.717, 1.165) is 31.7 Å². The molecule has 2 aromatic rings. The second-order valence-electron chi connectivity index (χ2n) is 7.44. The predicted molar refractivity (Wildman–Crippen MR) is 106 cm³/mol. The minimum atomic E-state index is -0.0624. The number of carbonyl (C=O) groups is 2. The third-order valence-electron chi connectivity index (χ3n) is 5.36. The largest absolute Gasteiger partial charge is 0.467 e. The number of piperidine rings is 1. The molecule has 8 heteroatoms. The molecule has 8 nitrogen and oxygen atoms in total. The van der Waals surface area contributed by atoms with Gasteiger partial charge in [-0.15, -0.1) is 0 Å². The number of anilines is 1. The zero-order chi connectivity index (χ0) is 20.2. The van der Waals surface area contributed by atoms with Crippen LogP contribution in [0.15, 0.2) is 41.0 Å². The van der Waals surface area contributed by atoms with Gasteiger partial charge in [-0.05, 0) is 50.2 Å². The van der Waals surface area contributed by atoms with Gasteiger partial charge in [0.05, 0.1) is 19.4 Å². The number of ether oxygens (including phenoxy) is 2. The minimum absolute atomic E-state index is 0.00443. The third kappa shape index (κ3) is 4.71. The van der Waals surface area contributed by atoms with Crippen LogP contribution >= 0.6 is 0 Å². The number of furan rings is 1. The van der Waals surface area contributed by atoms with Gasteiger partial charge in [-0.3, -0.25) is 14.5 Å². The van der Waals surface area contributed by atoms with Crippen LogP contribution in [0.25, 0.3) is 0 Å². The van der Waals surface area contributed by atoms with Crippen LogP contribution in [0.3, 0.4) is 0 Å². The maximum absolute atomic E-state index is 12.6. The van der Waals surface area contributed by atoms with E-state index in [2.05, 4.69) is 10.2 Å². The number of nitrogens with one attached hydrogen (secondary N) is 1. The van der Waals surface area contributed by atoms with Crippen molar-refractivity contribution in [1.29, 1.82) is 0 Å². The number of likely N-dealkylation sites (N-methyl/N-ethyl adjacent to an activating group) is 1. The van der Waals surface area contributed by atoms with Crippen molar-refractivity contribution < 1.29 is 23.5 Å². The quantitative estimate of drug-likeness (QED) is 0.803. The SMILES string of the molecule is CN(Cc1ccco1)C(=O)CN1CCC(C(=O)Nc2ccc3c(c2)OCO3)CC1. The monoisotopic (exact) mass is 399 g/mol. The van der Waals surface area contributed by atoms with E-state index in [-0.39, 0.29) is 24.5 Å². The Morgan fingerprint density at radius 1 is 1.17 bits per heavy atom. The van der Waals surface area contributed by atoms with E-state index < -0.39 is 0 Å². The van der Waals surface area contributed by atoms with E-state index in [4.69, 9.17) is 13.9 Å². The Morgan fingerprint density at radius 3 is 2.72 bits per heavy atom. The first kappa shape index (κ1) is 19.3. The number of hydrogen-bond acceptors (Lipinski definition) is 6. The van der Waals surface area contributed by atoms with Gasteiger partial charge in [0.15, 0.2) is 11.5 Å². The molecule has 0 atom stereocenters. The number of amides is 2. The van der Waals surface area contributed by atoms with E-state index in [0.29, 0.717) is 30.3 Å². The molecule has 2 aliphatic rings. The first-order valence-electron chi connectivity index (χ1n) is 9.78. The molecule has 1 N–H and O–H groups in total. The average Bonchev–Trinajstić information content (AvgIpc) is 3.39. The highest BCUT2D eigenvalue weighted by molar-refractivity contribution is 5.93. The fourth-order valence-electron chi connectivity index (χ4n) is 3.61. The van der Waals surface area contributed by atoms with Crippen LogP contribution in [0.5, 0.6) is 11.5 Å². The van der Waals surface area contributed by atoms with Crippen molar-refractivity contribution in [2.75, 3.05) is 38.8 Å². The average molecular weight is 399 g/mol. The molecule has 3 heterocycles. The number of hydrogen-bond donors (Lipinski definition) is 1. The standard InChI is InChI=1S/C21H25N3O5/c1-23(12-17-3-2-10-27-17)20(25)13-24-8-6-15(7-9-24)21(26)22-16-4-5-18-19(11-16)29-14-28-18/h2-5,10-11,15H,6-9,12-14H2,1H3,(H,22,26). The molecular weight excluding hydrogens is 374 g/mol. The topological polar surface area (TPSA) is 84.3 Å². The smallest absolute Gasteiger partial charge is 0.236 e. The summed E-state index contributed by atoms with van der Waals surface area (Å²) in [6.07, 6.45) is 3.06. The summed E-state index contributed by atoms with van der Waals surface area (Å²) < 4.78 is 15.9. The fraction of sp³-hybridized carbons (Fsp3) is 0.429. The zero-order valence-electron chi connectivity index (χ0n) is 16.4. The second-order valence-corrected chi connectivity index (χ2v) is 7.44. The number of carbonyl (C=O) groups excluding carboxylic acids is 2. The number of nitrogens with zero attached hydrogens (tertiary/aromatic N) is 2. The summed E-state index contributed by atoms with van der Waals surface area (Å²) in [6.45, 7) is 2.47. The van der Waals surface area contributed by atoms with Crippen LogP contribution in [0.4, 0.5) is 5.69 Å². The highest BCUT2D eigenvalue weighted by atomic mass is 16.7. The van der Waals surface area contributed by atoms with Crippen LogP contribution in [0.2, 0.25) is 0 Å². The van der Waals surface area contributed by atoms with E-state index in [1.54, 1.807) is 30.3 Å². The van der Waals surface area contributed by atoms with Gasteiger partial charge in [-0.1, -0.05) is 0 Å². The van der Waals surface area contributed by atoms with Crippen LogP contribution in [-0.4, -0.2) is 55.1 Å². The normalized spacial score (nSPS) is 16.6. The van der Waals surface area contributed by atoms with Crippen LogP contribution in [0, 0.1) is 5.92 Å². The van der Waals surface area contributed by atoms with Gasteiger partial charge in [0.25, 0.3) is 0 Å². The van der Waals surface area contributed by atoms with Crippen LogP contribution < -0.4 is 14.8 Å². The summed E-state index contributed by atoms with van der Waals surface area (Å²) in [6, 6.07) is 9.06. The van der Waals surface area contributed by atoms with Gasteiger partial charge in [0.1, 0.15) is 5.76 Å². The molecule has 0 aliphatic carbocycles. The molecule has 0 radical (unpaired) electrons. The maximum atomic E-state index is 12.6. The summed E-state index contributed by atoms with van der Waals surface area (Å²) in [7, 11) is 1.77. The third-order valence-corrected chi connectivity index (χ3v) is 5.36. The van der Waals surface area contributed by atoms with Crippen molar-refractivity contribution in [3.63, 3.8) is 0 Å². The van der Waals surface area contributed by atoms with Gasteiger partial charge in [-0.25, -0.2) is 0 Å². The molecule has 29 heavy (non-hydrogen) atoms. The highest BCUT2D eigenvalue weighted by Gasteiger charge is 2.27. The molecule has 154 valence electrons. The Bertz CT molecular complexity index is 859. The van der Waals surface area contributed by atoms with Gasteiger partial charge < -0.3 is 24.1 Å². The molecule has 1 aromatic heterocycles. The summed E-state index contributed by atoms with van der Waals surface area (Å²) in [5, 5.41) is 2.96. The van der Waals surface area contributed by atoms with Crippen molar-refractivity contribution >= 4 is 17.5 Å². The number of benzene rings is 1.